The molecule has 5 heteroatoms. The molecule has 0 bridgehead atoms. The van der Waals surface area contributed by atoms with Gasteiger partial charge >= 0.3 is 0 Å². The summed E-state index contributed by atoms with van der Waals surface area (Å²) in [4.78, 5) is 12.5. The molecule has 0 aliphatic carbocycles. The van der Waals surface area contributed by atoms with Crippen molar-refractivity contribution in [1.82, 2.24) is 0 Å². The van der Waals surface area contributed by atoms with Gasteiger partial charge in [-0.2, -0.15) is 0 Å². The predicted octanol–water partition coefficient (Wildman–Crippen LogP) is 4.76. The van der Waals surface area contributed by atoms with Gasteiger partial charge in [-0.1, -0.05) is 12.1 Å². The summed E-state index contributed by atoms with van der Waals surface area (Å²) >= 11 is 6.74. The van der Waals surface area contributed by atoms with Gasteiger partial charge in [0.15, 0.2) is 0 Å². The molecule has 18 heavy (non-hydrogen) atoms. The Hall–Kier alpha value is 0.100. The molecule has 0 N–H and O–H groups in total. The highest BCUT2D eigenvalue weighted by Gasteiger charge is 2.14. The van der Waals surface area contributed by atoms with Gasteiger partial charge in [-0.15, -0.1) is 0 Å². The maximum absolute atomic E-state index is 12.5. The van der Waals surface area contributed by atoms with Crippen molar-refractivity contribution in [1.29, 1.82) is 0 Å². The highest BCUT2D eigenvalue weighted by molar-refractivity contribution is 14.1. The van der Waals surface area contributed by atoms with Crippen LogP contribution in [0, 0.1) is 10.7 Å². The molecule has 0 fully saturated rings. The molecule has 0 unspecified atom stereocenters. The quantitative estimate of drug-likeness (QED) is 0.221. The second kappa shape index (κ2) is 4.89. The van der Waals surface area contributed by atoms with Crippen LogP contribution in [-0.4, -0.2) is 0 Å². The largest absolute Gasteiger partial charge is 0.456 e. The lowest BCUT2D eigenvalue weighted by Gasteiger charge is -2.06. The molecule has 0 aliphatic heterocycles. The van der Waals surface area contributed by atoms with Crippen LogP contribution in [0.2, 0.25) is 0 Å². The first-order valence-corrected chi connectivity index (χ1v) is 8.32. The zero-order valence-electron chi connectivity index (χ0n) is 8.84. The van der Waals surface area contributed by atoms with Crippen LogP contribution in [0.15, 0.2) is 39.5 Å². The average Bonchev–Trinajstić information content (AvgIpc) is 2.36. The first kappa shape index (κ1) is 13.1. The van der Waals surface area contributed by atoms with Crippen LogP contribution >= 0.6 is 67.8 Å². The molecule has 3 aromatic rings. The minimum absolute atomic E-state index is 0.0468. The van der Waals surface area contributed by atoms with Crippen molar-refractivity contribution in [2.45, 2.75) is 0 Å². The number of rotatable bonds is 0. The van der Waals surface area contributed by atoms with Gasteiger partial charge < -0.3 is 4.42 Å². The van der Waals surface area contributed by atoms with E-state index in [9.17, 15) is 4.79 Å². The molecule has 1 heterocycles. The van der Waals surface area contributed by atoms with E-state index in [2.05, 4.69) is 67.8 Å². The Kier molecular flexibility index (Phi) is 3.56. The lowest BCUT2D eigenvalue weighted by molar-refractivity contribution is 0.659. The van der Waals surface area contributed by atoms with Gasteiger partial charge in [0.1, 0.15) is 11.2 Å². The predicted molar refractivity (Wildman–Crippen MR) is 98.1 cm³/mol. The van der Waals surface area contributed by atoms with E-state index in [1.54, 1.807) is 0 Å². The fourth-order valence-electron chi connectivity index (χ4n) is 1.86. The Labute approximate surface area is 144 Å². The second-order valence-electron chi connectivity index (χ2n) is 3.79. The SMILES string of the molecule is O=c1c2ccccc2oc2cc(I)c(I)c(I)c12. The Morgan fingerprint density at radius 3 is 2.44 bits per heavy atom. The van der Waals surface area contributed by atoms with Gasteiger partial charge in [0, 0.05) is 10.7 Å². The van der Waals surface area contributed by atoms with E-state index in [0.29, 0.717) is 21.9 Å². The summed E-state index contributed by atoms with van der Waals surface area (Å²) in [5, 5.41) is 1.32. The van der Waals surface area contributed by atoms with Crippen LogP contribution in [0.5, 0.6) is 0 Å². The van der Waals surface area contributed by atoms with E-state index in [1.807, 2.05) is 30.3 Å². The van der Waals surface area contributed by atoms with E-state index < -0.39 is 0 Å². The van der Waals surface area contributed by atoms with E-state index >= 15 is 0 Å². The second-order valence-corrected chi connectivity index (χ2v) is 7.11. The van der Waals surface area contributed by atoms with E-state index in [0.717, 1.165) is 10.7 Å². The van der Waals surface area contributed by atoms with Crippen molar-refractivity contribution in [3.05, 3.63) is 51.3 Å². The molecule has 0 saturated carbocycles. The lowest BCUT2D eigenvalue weighted by Crippen LogP contribution is -2.05. The zero-order chi connectivity index (χ0) is 12.9. The van der Waals surface area contributed by atoms with Crippen molar-refractivity contribution in [3.63, 3.8) is 0 Å². The topological polar surface area (TPSA) is 30.2 Å². The van der Waals surface area contributed by atoms with E-state index in [4.69, 9.17) is 4.42 Å². The fraction of sp³-hybridized carbons (Fsp3) is 0. The molecule has 90 valence electrons. The molecule has 3 rings (SSSR count). The highest BCUT2D eigenvalue weighted by atomic mass is 127. The van der Waals surface area contributed by atoms with Crippen molar-refractivity contribution < 1.29 is 4.42 Å². The summed E-state index contributed by atoms with van der Waals surface area (Å²) in [5.41, 5.74) is 1.35. The molecule has 0 radical (unpaired) electrons. The van der Waals surface area contributed by atoms with Crippen molar-refractivity contribution >= 4 is 89.7 Å². The molecule has 0 amide bonds. The van der Waals surface area contributed by atoms with Gasteiger partial charge in [-0.05, 0) is 86.0 Å². The lowest BCUT2D eigenvalue weighted by atomic mass is 10.1. The minimum atomic E-state index is 0.0468. The van der Waals surface area contributed by atoms with Crippen molar-refractivity contribution in [3.8, 4) is 0 Å². The van der Waals surface area contributed by atoms with E-state index in [-0.39, 0.29) is 5.43 Å². The van der Waals surface area contributed by atoms with Gasteiger partial charge in [0.25, 0.3) is 0 Å². The summed E-state index contributed by atoms with van der Waals surface area (Å²) in [6, 6.07) is 9.29. The molecule has 0 spiro atoms. The Balaban J connectivity index is 2.65. The molecule has 0 atom stereocenters. The maximum atomic E-state index is 12.5. The third-order valence-corrected chi connectivity index (χ3v) is 7.82. The van der Waals surface area contributed by atoms with Gasteiger partial charge in [0.2, 0.25) is 5.43 Å². The molecular weight excluding hydrogens is 569 g/mol. The van der Waals surface area contributed by atoms with E-state index in [1.165, 1.54) is 0 Å². The van der Waals surface area contributed by atoms with Crippen LogP contribution in [-0.2, 0) is 0 Å². The van der Waals surface area contributed by atoms with Crippen LogP contribution in [0.25, 0.3) is 21.9 Å². The molecule has 0 aliphatic rings. The van der Waals surface area contributed by atoms with Crippen molar-refractivity contribution in [2.24, 2.45) is 0 Å². The van der Waals surface area contributed by atoms with Crippen LogP contribution in [0.1, 0.15) is 0 Å². The monoisotopic (exact) mass is 574 g/mol. The molecule has 0 saturated heterocycles. The third-order valence-electron chi connectivity index (χ3n) is 2.70. The average molecular weight is 574 g/mol. The highest BCUT2D eigenvalue weighted by Crippen LogP contribution is 2.29. The van der Waals surface area contributed by atoms with Gasteiger partial charge in [-0.3, -0.25) is 4.79 Å². The molecular formula is C13H5I3O2. The number of fused-ring (bicyclic) bond motifs is 2. The summed E-state index contributed by atoms with van der Waals surface area (Å²) in [6.07, 6.45) is 0. The van der Waals surface area contributed by atoms with Gasteiger partial charge in [0.05, 0.1) is 10.8 Å². The minimum Gasteiger partial charge on any atom is -0.456 e. The Morgan fingerprint density at radius 2 is 1.67 bits per heavy atom. The van der Waals surface area contributed by atoms with Crippen LogP contribution < -0.4 is 5.43 Å². The number of hydrogen-bond acceptors (Lipinski definition) is 2. The third kappa shape index (κ3) is 1.98. The normalized spacial score (nSPS) is 11.3. The molecule has 2 aromatic carbocycles. The van der Waals surface area contributed by atoms with Crippen LogP contribution in [0.4, 0.5) is 0 Å². The number of halogens is 3. The Bertz CT molecular complexity index is 837. The maximum Gasteiger partial charge on any atom is 0.201 e. The summed E-state index contributed by atoms with van der Waals surface area (Å²) < 4.78 is 9.00. The summed E-state index contributed by atoms with van der Waals surface area (Å²) in [7, 11) is 0. The summed E-state index contributed by atoms with van der Waals surface area (Å²) in [6.45, 7) is 0. The number of para-hydroxylation sites is 1. The zero-order valence-corrected chi connectivity index (χ0v) is 15.3. The molecule has 1 aromatic heterocycles. The standard InChI is InChI=1S/C13H5I3O2/c14-7-5-9-10(12(16)11(7)15)13(17)6-3-1-2-4-8(6)18-9/h1-5H. The Morgan fingerprint density at radius 1 is 0.944 bits per heavy atom. The first-order valence-electron chi connectivity index (χ1n) is 5.08. The molecule has 2 nitrogen and oxygen atoms in total. The van der Waals surface area contributed by atoms with Crippen LogP contribution in [0.3, 0.4) is 0 Å². The smallest absolute Gasteiger partial charge is 0.201 e. The number of benzene rings is 2. The number of hydrogen-bond donors (Lipinski definition) is 0. The van der Waals surface area contributed by atoms with Crippen molar-refractivity contribution in [2.75, 3.05) is 0 Å². The first-order chi connectivity index (χ1) is 8.59. The van der Waals surface area contributed by atoms with Gasteiger partial charge in [-0.25, -0.2) is 0 Å². The fourth-order valence-corrected chi connectivity index (χ4v) is 4.16. The summed E-state index contributed by atoms with van der Waals surface area (Å²) in [5.74, 6) is 0.